The fraction of sp³-hybridized carbons (Fsp3) is 0.143. The average Bonchev–Trinajstić information content (AvgIpc) is 2.65. The maximum atomic E-state index is 11.1. The van der Waals surface area contributed by atoms with E-state index in [-0.39, 0.29) is 0 Å². The third-order valence-corrected chi connectivity index (χ3v) is 11.4. The van der Waals surface area contributed by atoms with Gasteiger partial charge in [0.2, 0.25) is 0 Å². The van der Waals surface area contributed by atoms with Crippen LogP contribution in [0.15, 0.2) is 60.7 Å². The predicted octanol–water partition coefficient (Wildman–Crippen LogP) is 0.289. The molecule has 2 rings (SSSR count). The molecule has 32 heavy (non-hydrogen) atoms. The number of aliphatic hydroxyl groups is 2. The molecule has 0 heterocycles. The van der Waals surface area contributed by atoms with E-state index in [0.29, 0.717) is 0 Å². The standard InChI is InChI=1S/2C7H10O7P2/c2*8-7(15(9,10)11,16(12,13)14)6-4-2-1-3-5-6/h2*1-5,8H,(H2,9,10,11)(H2,12,13,14). The first-order valence-electron chi connectivity index (χ1n) is 7.99. The monoisotopic (exact) mass is 536 g/mol. The summed E-state index contributed by atoms with van der Waals surface area (Å²) in [5.74, 6) is 0. The van der Waals surface area contributed by atoms with Crippen LogP contribution >= 0.6 is 30.4 Å². The Balaban J connectivity index is 0.000000320. The maximum absolute atomic E-state index is 11.1. The second kappa shape index (κ2) is 9.68. The Morgan fingerprint density at radius 2 is 0.625 bits per heavy atom. The molecule has 2 aromatic rings. The third-order valence-electron chi connectivity index (χ3n) is 3.95. The maximum Gasteiger partial charge on any atom is 0.374 e. The van der Waals surface area contributed by atoms with Gasteiger partial charge in [-0.25, -0.2) is 0 Å². The molecule has 0 aliphatic heterocycles. The van der Waals surface area contributed by atoms with Crippen LogP contribution in [0.4, 0.5) is 0 Å². The Hall–Kier alpha value is -1.04. The molecule has 2 aromatic carbocycles. The van der Waals surface area contributed by atoms with Crippen LogP contribution in [0.1, 0.15) is 11.1 Å². The summed E-state index contributed by atoms with van der Waals surface area (Å²) in [6.45, 7) is 0. The van der Waals surface area contributed by atoms with Crippen LogP contribution < -0.4 is 0 Å². The summed E-state index contributed by atoms with van der Waals surface area (Å²) < 4.78 is 44.2. The topological polar surface area (TPSA) is 271 Å². The van der Waals surface area contributed by atoms with Crippen molar-refractivity contribution in [1.82, 2.24) is 0 Å². The highest BCUT2D eigenvalue weighted by Crippen LogP contribution is 2.73. The molecule has 0 saturated carbocycles. The summed E-state index contributed by atoms with van der Waals surface area (Å²) in [6, 6.07) is 12.2. The Labute approximate surface area is 180 Å². The normalized spacial score (nSPS) is 13.8. The molecule has 0 amide bonds. The average molecular weight is 536 g/mol. The predicted molar refractivity (Wildman–Crippen MR) is 109 cm³/mol. The van der Waals surface area contributed by atoms with Gasteiger partial charge in [0.15, 0.2) is 0 Å². The Morgan fingerprint density at radius 1 is 0.438 bits per heavy atom. The van der Waals surface area contributed by atoms with Gasteiger partial charge in [-0.05, 0) is 0 Å². The Kier molecular flexibility index (Phi) is 8.77. The molecular formula is C14H20O14P4. The summed E-state index contributed by atoms with van der Waals surface area (Å²) in [5, 5.41) is 12.3. The van der Waals surface area contributed by atoms with Gasteiger partial charge in [0.1, 0.15) is 0 Å². The molecule has 0 atom stereocenters. The van der Waals surface area contributed by atoms with Crippen LogP contribution in [-0.2, 0) is 28.4 Å². The van der Waals surface area contributed by atoms with Gasteiger partial charge >= 0.3 is 30.4 Å². The van der Waals surface area contributed by atoms with Gasteiger partial charge in [-0.15, -0.1) is 0 Å². The van der Waals surface area contributed by atoms with Gasteiger partial charge in [-0.2, -0.15) is 0 Å². The smallest absolute Gasteiger partial charge is 0.364 e. The van der Waals surface area contributed by atoms with E-state index in [4.69, 9.17) is 39.1 Å². The first-order valence-corrected chi connectivity index (χ1v) is 14.4. The number of rotatable bonds is 6. The molecule has 0 saturated heterocycles. The van der Waals surface area contributed by atoms with E-state index >= 15 is 0 Å². The van der Waals surface area contributed by atoms with Crippen LogP contribution in [0.25, 0.3) is 0 Å². The first-order chi connectivity index (χ1) is 14.2. The van der Waals surface area contributed by atoms with Gasteiger partial charge < -0.3 is 49.4 Å². The quantitative estimate of drug-likeness (QED) is 0.222. The molecule has 0 aliphatic carbocycles. The molecular weight excluding hydrogens is 516 g/mol. The van der Waals surface area contributed by atoms with E-state index in [1.807, 2.05) is 0 Å². The highest BCUT2D eigenvalue weighted by molar-refractivity contribution is 7.71. The Morgan fingerprint density at radius 3 is 0.781 bits per heavy atom. The minimum absolute atomic E-state index is 0.531. The largest absolute Gasteiger partial charge is 0.374 e. The van der Waals surface area contributed by atoms with E-state index in [2.05, 4.69) is 0 Å². The molecule has 14 nitrogen and oxygen atoms in total. The molecule has 0 aliphatic rings. The van der Waals surface area contributed by atoms with Gasteiger partial charge in [0.05, 0.1) is 0 Å². The van der Waals surface area contributed by atoms with E-state index in [0.717, 1.165) is 24.3 Å². The van der Waals surface area contributed by atoms with Crippen LogP contribution in [0.5, 0.6) is 0 Å². The lowest BCUT2D eigenvalue weighted by molar-refractivity contribution is 0.130. The molecule has 0 aromatic heterocycles. The number of hydrogen-bond donors (Lipinski definition) is 10. The highest BCUT2D eigenvalue weighted by Gasteiger charge is 2.61. The van der Waals surface area contributed by atoms with Crippen molar-refractivity contribution >= 4 is 30.4 Å². The molecule has 0 radical (unpaired) electrons. The lowest BCUT2D eigenvalue weighted by Crippen LogP contribution is -2.25. The summed E-state index contributed by atoms with van der Waals surface area (Å²) >= 11 is 0. The van der Waals surface area contributed by atoms with Crippen molar-refractivity contribution in [2.75, 3.05) is 0 Å². The van der Waals surface area contributed by atoms with E-state index in [9.17, 15) is 28.5 Å². The van der Waals surface area contributed by atoms with Crippen LogP contribution in [-0.4, -0.2) is 49.4 Å². The zero-order chi connectivity index (χ0) is 25.2. The minimum atomic E-state index is -5.44. The summed E-state index contributed by atoms with van der Waals surface area (Å²) in [5.41, 5.74) is -1.06. The molecule has 18 heteroatoms. The molecule has 0 bridgehead atoms. The van der Waals surface area contributed by atoms with Gasteiger partial charge in [-0.1, -0.05) is 60.7 Å². The van der Waals surface area contributed by atoms with Crippen molar-refractivity contribution in [3.63, 3.8) is 0 Å². The van der Waals surface area contributed by atoms with Gasteiger partial charge in [0, 0.05) is 11.1 Å². The molecule has 0 fully saturated rings. The van der Waals surface area contributed by atoms with Crippen LogP contribution in [0, 0.1) is 0 Å². The zero-order valence-corrected chi connectivity index (χ0v) is 19.2. The zero-order valence-electron chi connectivity index (χ0n) is 15.7. The van der Waals surface area contributed by atoms with Crippen molar-refractivity contribution in [3.05, 3.63) is 71.8 Å². The fourth-order valence-electron chi connectivity index (χ4n) is 2.34. The number of hydrogen-bond acceptors (Lipinski definition) is 6. The van der Waals surface area contributed by atoms with Crippen LogP contribution in [0.2, 0.25) is 0 Å². The summed E-state index contributed by atoms with van der Waals surface area (Å²) in [6.07, 6.45) is 0. The summed E-state index contributed by atoms with van der Waals surface area (Å²) in [7, 11) is -21.8. The van der Waals surface area contributed by atoms with E-state index in [1.165, 1.54) is 36.4 Å². The van der Waals surface area contributed by atoms with Gasteiger partial charge in [0.25, 0.3) is 10.2 Å². The van der Waals surface area contributed by atoms with Gasteiger partial charge in [-0.3, -0.25) is 18.3 Å². The fourth-order valence-corrected chi connectivity index (χ4v) is 6.99. The summed E-state index contributed by atoms with van der Waals surface area (Å²) in [4.78, 5) is 71.2. The van der Waals surface area contributed by atoms with Crippen molar-refractivity contribution in [1.29, 1.82) is 0 Å². The second-order valence-electron chi connectivity index (χ2n) is 6.18. The van der Waals surface area contributed by atoms with Crippen LogP contribution in [0.3, 0.4) is 0 Å². The second-order valence-corrected chi connectivity index (χ2v) is 13.8. The number of benzene rings is 2. The van der Waals surface area contributed by atoms with Crippen molar-refractivity contribution in [2.24, 2.45) is 0 Å². The first kappa shape index (κ1) is 29.0. The van der Waals surface area contributed by atoms with E-state index in [1.54, 1.807) is 0 Å². The molecule has 0 spiro atoms. The van der Waals surface area contributed by atoms with Crippen molar-refractivity contribution < 1.29 is 67.6 Å². The van der Waals surface area contributed by atoms with E-state index < -0.39 is 51.7 Å². The molecule has 10 N–H and O–H groups in total. The lowest BCUT2D eigenvalue weighted by atomic mass is 10.2. The third kappa shape index (κ3) is 5.71. The molecule has 180 valence electrons. The lowest BCUT2D eigenvalue weighted by Gasteiger charge is -2.29. The minimum Gasteiger partial charge on any atom is -0.364 e. The Bertz CT molecular complexity index is 963. The SMILES string of the molecule is O=P(O)(O)C(O)(c1ccccc1)P(=O)(O)O.O=P(O)(O)C(O)(c1ccccc1)P(=O)(O)O. The highest BCUT2D eigenvalue weighted by atomic mass is 31.2. The van der Waals surface area contributed by atoms with Crippen molar-refractivity contribution in [3.8, 4) is 0 Å². The molecule has 0 unspecified atom stereocenters. The van der Waals surface area contributed by atoms with Crippen molar-refractivity contribution in [2.45, 2.75) is 10.2 Å².